The van der Waals surface area contributed by atoms with Crippen LogP contribution >= 0.6 is 0 Å². The van der Waals surface area contributed by atoms with Crippen LogP contribution < -0.4 is 20.7 Å². The summed E-state index contributed by atoms with van der Waals surface area (Å²) >= 11 is 0. The summed E-state index contributed by atoms with van der Waals surface area (Å²) in [5, 5.41) is 8.24. The number of nitrogen functional groups attached to an aromatic ring is 1. The van der Waals surface area contributed by atoms with E-state index in [2.05, 4.69) is 29.7 Å². The van der Waals surface area contributed by atoms with Crippen LogP contribution in [0.2, 0.25) is 0 Å². The zero-order valence-corrected chi connectivity index (χ0v) is 36.2. The summed E-state index contributed by atoms with van der Waals surface area (Å²) < 4.78 is 8.14. The van der Waals surface area contributed by atoms with E-state index in [4.69, 9.17) is 20.6 Å². The molecule has 2 atom stereocenters. The molecule has 10 rings (SSSR count). The molecule has 3 aromatic carbocycles. The van der Waals surface area contributed by atoms with Gasteiger partial charge in [0.25, 0.3) is 11.8 Å². The topological polar surface area (TPSA) is 172 Å². The highest BCUT2D eigenvalue weighted by Crippen LogP contribution is 2.36. The molecule has 5 aliphatic heterocycles. The lowest BCUT2D eigenvalue weighted by Crippen LogP contribution is -2.54. The summed E-state index contributed by atoms with van der Waals surface area (Å²) in [4.78, 5) is 68.3. The molecule has 4 saturated heterocycles. The number of aromatic nitrogens is 4. The van der Waals surface area contributed by atoms with Crippen molar-refractivity contribution in [2.45, 2.75) is 76.3 Å². The number of ether oxygens (including phenoxy) is 1. The monoisotopic (exact) mass is 864 g/mol. The Labute approximate surface area is 372 Å². The SMILES string of the molecule is Nc1ncnc2c1c(-c1ccc(Oc3ccccc3)cc1)nn2C1CCCN(CC2CCN(CCCC3CCN(c4ccc5c(c4)C(=O)N(C4CCC(=O)NC4=O)C5=O)CC3)CC2)C1. The third-order valence-corrected chi connectivity index (χ3v) is 14.2. The van der Waals surface area contributed by atoms with Crippen LogP contribution in [0.3, 0.4) is 0 Å². The number of piperidine rings is 4. The highest BCUT2D eigenvalue weighted by atomic mass is 16.5. The number of nitrogens with two attached hydrogens (primary N) is 1. The highest BCUT2D eigenvalue weighted by molar-refractivity contribution is 6.23. The predicted molar refractivity (Wildman–Crippen MR) is 243 cm³/mol. The van der Waals surface area contributed by atoms with Crippen LogP contribution in [-0.4, -0.2) is 116 Å². The Bertz CT molecular complexity index is 2530. The molecule has 4 amide bonds. The number of fused-ring (bicyclic) bond motifs is 2. The largest absolute Gasteiger partial charge is 0.457 e. The van der Waals surface area contributed by atoms with Crippen molar-refractivity contribution in [2.24, 2.45) is 11.8 Å². The van der Waals surface area contributed by atoms with Crippen LogP contribution in [0.15, 0.2) is 79.1 Å². The number of hydrogen-bond acceptors (Lipinski definition) is 12. The average Bonchev–Trinajstić information content (AvgIpc) is 3.83. The van der Waals surface area contributed by atoms with Crippen molar-refractivity contribution < 1.29 is 23.9 Å². The molecule has 4 fully saturated rings. The Kier molecular flexibility index (Phi) is 11.8. The fraction of sp³-hybridized carbons (Fsp3) is 0.449. The molecule has 0 radical (unpaired) electrons. The second-order valence-electron chi connectivity index (χ2n) is 18.3. The maximum atomic E-state index is 13.4. The lowest BCUT2D eigenvalue weighted by Gasteiger charge is -2.38. The molecule has 2 aromatic heterocycles. The second-order valence-corrected chi connectivity index (χ2v) is 18.3. The molecule has 332 valence electrons. The van der Waals surface area contributed by atoms with E-state index < -0.39 is 23.8 Å². The van der Waals surface area contributed by atoms with Crippen LogP contribution in [0.1, 0.15) is 91.0 Å². The van der Waals surface area contributed by atoms with Crippen molar-refractivity contribution in [2.75, 3.05) is 63.0 Å². The fourth-order valence-electron chi connectivity index (χ4n) is 10.7. The Morgan fingerprint density at radius 3 is 2.28 bits per heavy atom. The molecule has 0 spiro atoms. The van der Waals surface area contributed by atoms with Gasteiger partial charge in [-0.05, 0) is 150 Å². The van der Waals surface area contributed by atoms with E-state index in [1.807, 2.05) is 66.7 Å². The van der Waals surface area contributed by atoms with E-state index >= 15 is 0 Å². The van der Waals surface area contributed by atoms with E-state index in [1.165, 1.54) is 25.7 Å². The van der Waals surface area contributed by atoms with E-state index in [9.17, 15) is 19.2 Å². The molecular weight excluding hydrogens is 809 g/mol. The van der Waals surface area contributed by atoms with Gasteiger partial charge in [-0.25, -0.2) is 14.6 Å². The van der Waals surface area contributed by atoms with Gasteiger partial charge in [0.2, 0.25) is 11.8 Å². The average molecular weight is 865 g/mol. The third-order valence-electron chi connectivity index (χ3n) is 14.2. The van der Waals surface area contributed by atoms with Gasteiger partial charge in [-0.15, -0.1) is 0 Å². The standard InChI is InChI=1S/C49H56N10O5/c50-45-43-44(34-10-13-38(14-11-34)64-37-8-2-1-3-9-37)54-59(46(43)52-31-51-45)36-7-5-23-56(30-36)29-33-18-24-55(25-19-33)22-4-6-32-20-26-57(27-21-32)35-12-15-39-40(28-35)49(63)58(48(39)62)41-16-17-42(60)53-47(41)61/h1-3,8-15,28,31-33,36,41H,4-7,16-27,29-30H2,(H2,50,51,52)(H,53,60,61). The van der Waals surface area contributed by atoms with Crippen molar-refractivity contribution in [3.05, 3.63) is 90.3 Å². The summed E-state index contributed by atoms with van der Waals surface area (Å²) in [5.41, 5.74) is 10.6. The lowest BCUT2D eigenvalue weighted by molar-refractivity contribution is -0.136. The van der Waals surface area contributed by atoms with Crippen molar-refractivity contribution in [1.29, 1.82) is 0 Å². The van der Waals surface area contributed by atoms with Gasteiger partial charge in [-0.2, -0.15) is 5.10 Å². The number of anilines is 2. The molecule has 0 aliphatic carbocycles. The summed E-state index contributed by atoms with van der Waals surface area (Å²) in [6.45, 7) is 8.42. The molecule has 15 nitrogen and oxygen atoms in total. The Hall–Kier alpha value is -6.19. The van der Waals surface area contributed by atoms with Crippen molar-refractivity contribution in [1.82, 2.24) is 39.8 Å². The van der Waals surface area contributed by atoms with Crippen molar-refractivity contribution in [3.63, 3.8) is 0 Å². The molecule has 15 heteroatoms. The number of amides is 4. The molecule has 2 unspecified atom stereocenters. The van der Waals surface area contributed by atoms with E-state index in [-0.39, 0.29) is 24.8 Å². The number of carbonyl (C=O) groups is 4. The zero-order valence-electron chi connectivity index (χ0n) is 36.2. The Morgan fingerprint density at radius 1 is 0.750 bits per heavy atom. The predicted octanol–water partition coefficient (Wildman–Crippen LogP) is 6.31. The molecule has 5 aromatic rings. The van der Waals surface area contributed by atoms with Gasteiger partial charge < -0.3 is 25.2 Å². The van der Waals surface area contributed by atoms with Gasteiger partial charge in [0.15, 0.2) is 5.65 Å². The van der Waals surface area contributed by atoms with Crippen molar-refractivity contribution >= 4 is 46.2 Å². The van der Waals surface area contributed by atoms with Gasteiger partial charge in [0, 0.05) is 43.9 Å². The molecular formula is C49H56N10O5. The number of nitrogens with zero attached hydrogens (tertiary/aromatic N) is 8. The minimum atomic E-state index is -0.954. The van der Waals surface area contributed by atoms with E-state index in [1.54, 1.807) is 12.4 Å². The first-order chi connectivity index (χ1) is 31.3. The highest BCUT2D eigenvalue weighted by Gasteiger charge is 2.45. The van der Waals surface area contributed by atoms with E-state index in [0.29, 0.717) is 28.8 Å². The normalized spacial score (nSPS) is 21.8. The maximum Gasteiger partial charge on any atom is 0.262 e. The van der Waals surface area contributed by atoms with Crippen LogP contribution in [-0.2, 0) is 9.59 Å². The van der Waals surface area contributed by atoms with Gasteiger partial charge >= 0.3 is 0 Å². The zero-order chi connectivity index (χ0) is 43.7. The fourth-order valence-corrected chi connectivity index (χ4v) is 10.7. The van der Waals surface area contributed by atoms with Gasteiger partial charge in [0.1, 0.15) is 35.4 Å². The molecule has 64 heavy (non-hydrogen) atoms. The van der Waals surface area contributed by atoms with Crippen LogP contribution in [0, 0.1) is 11.8 Å². The number of nitrogens with one attached hydrogen (secondary N) is 1. The minimum Gasteiger partial charge on any atom is -0.457 e. The third kappa shape index (κ3) is 8.58. The van der Waals surface area contributed by atoms with Crippen molar-refractivity contribution in [3.8, 4) is 22.8 Å². The summed E-state index contributed by atoms with van der Waals surface area (Å²) in [5.74, 6) is 1.45. The second kappa shape index (κ2) is 18.1. The Morgan fingerprint density at radius 2 is 1.50 bits per heavy atom. The minimum absolute atomic E-state index is 0.107. The number of hydrogen-bond donors (Lipinski definition) is 2. The first kappa shape index (κ1) is 41.8. The summed E-state index contributed by atoms with van der Waals surface area (Å²) in [7, 11) is 0. The van der Waals surface area contributed by atoms with Crippen LogP contribution in [0.5, 0.6) is 11.5 Å². The molecule has 3 N–H and O–H groups in total. The van der Waals surface area contributed by atoms with Crippen LogP contribution in [0.4, 0.5) is 11.5 Å². The van der Waals surface area contributed by atoms with Gasteiger partial charge in [-0.1, -0.05) is 18.2 Å². The molecule has 7 heterocycles. The molecule has 5 aliphatic rings. The number of rotatable bonds is 12. The quantitative estimate of drug-likeness (QED) is 0.134. The number of likely N-dealkylation sites (tertiary alicyclic amines) is 2. The van der Waals surface area contributed by atoms with E-state index in [0.717, 1.165) is 122 Å². The maximum absolute atomic E-state index is 13.4. The number of imide groups is 2. The first-order valence-corrected chi connectivity index (χ1v) is 23.1. The van der Waals surface area contributed by atoms with Gasteiger partial charge in [-0.3, -0.25) is 29.4 Å². The number of benzene rings is 3. The smallest absolute Gasteiger partial charge is 0.262 e. The molecule has 0 saturated carbocycles. The Balaban J connectivity index is 0.674. The van der Waals surface area contributed by atoms with Gasteiger partial charge in [0.05, 0.1) is 22.6 Å². The lowest BCUT2D eigenvalue weighted by atomic mass is 9.91. The number of para-hydroxylation sites is 1. The first-order valence-electron chi connectivity index (χ1n) is 23.1. The summed E-state index contributed by atoms with van der Waals surface area (Å²) in [6.07, 6.45) is 11.0. The van der Waals surface area contributed by atoms with Crippen LogP contribution in [0.25, 0.3) is 22.3 Å². The molecule has 0 bridgehead atoms. The summed E-state index contributed by atoms with van der Waals surface area (Å²) in [6, 6.07) is 22.4. The number of carbonyl (C=O) groups excluding carboxylic acids is 4.